The Kier molecular flexibility index (Phi) is 4.75. The Balaban J connectivity index is 2.52. The molecule has 0 aliphatic carbocycles. The quantitative estimate of drug-likeness (QED) is 0.702. The van der Waals surface area contributed by atoms with Crippen molar-refractivity contribution in [3.05, 3.63) is 29.8 Å². The fourth-order valence-electron chi connectivity index (χ4n) is 1.04. The molecule has 0 spiro atoms. The molecule has 0 bridgehead atoms. The molecule has 0 aliphatic rings. The van der Waals surface area contributed by atoms with Crippen molar-refractivity contribution >= 4 is 5.97 Å². The molecule has 0 aromatic heterocycles. The van der Waals surface area contributed by atoms with Gasteiger partial charge < -0.3 is 19.7 Å². The molecule has 1 aromatic rings. The van der Waals surface area contributed by atoms with E-state index in [1.807, 2.05) is 0 Å². The molecule has 2 N–H and O–H groups in total. The van der Waals surface area contributed by atoms with Gasteiger partial charge in [-0.15, -0.1) is 0 Å². The number of carbonyl (C=O) groups excluding carboxylic acids is 1. The van der Waals surface area contributed by atoms with E-state index in [1.165, 1.54) is 7.11 Å². The third-order valence-corrected chi connectivity index (χ3v) is 1.94. The number of rotatable bonds is 5. The van der Waals surface area contributed by atoms with Crippen molar-refractivity contribution in [2.24, 2.45) is 0 Å². The second-order valence-electron chi connectivity index (χ2n) is 3.16. The predicted molar refractivity (Wildman–Crippen MR) is 56.4 cm³/mol. The number of methoxy groups -OCH3 is 1. The molecule has 5 nitrogen and oxygen atoms in total. The van der Waals surface area contributed by atoms with Gasteiger partial charge in [0.1, 0.15) is 18.5 Å². The van der Waals surface area contributed by atoms with Gasteiger partial charge in [0.15, 0.2) is 0 Å². The lowest BCUT2D eigenvalue weighted by atomic mass is 10.2. The zero-order valence-corrected chi connectivity index (χ0v) is 8.92. The van der Waals surface area contributed by atoms with Crippen LogP contribution in [0.25, 0.3) is 0 Å². The summed E-state index contributed by atoms with van der Waals surface area (Å²) in [5.74, 6) is 0.0992. The number of carbonyl (C=O) groups is 1. The Labute approximate surface area is 93.2 Å². The number of benzene rings is 1. The highest BCUT2D eigenvalue weighted by Crippen LogP contribution is 2.12. The fraction of sp³-hybridized carbons (Fsp3) is 0.364. The number of esters is 1. The second-order valence-corrected chi connectivity index (χ2v) is 3.16. The van der Waals surface area contributed by atoms with E-state index in [4.69, 9.17) is 19.7 Å². The third kappa shape index (κ3) is 3.52. The lowest BCUT2D eigenvalue weighted by Gasteiger charge is -2.08. The average molecular weight is 226 g/mol. The lowest BCUT2D eigenvalue weighted by Crippen LogP contribution is -2.21. The zero-order valence-electron chi connectivity index (χ0n) is 8.92. The van der Waals surface area contributed by atoms with Crippen molar-refractivity contribution in [3.63, 3.8) is 0 Å². The van der Waals surface area contributed by atoms with Gasteiger partial charge >= 0.3 is 5.97 Å². The molecule has 88 valence electrons. The molecule has 0 heterocycles. The van der Waals surface area contributed by atoms with E-state index in [1.54, 1.807) is 24.3 Å². The van der Waals surface area contributed by atoms with E-state index in [2.05, 4.69) is 0 Å². The first-order valence-electron chi connectivity index (χ1n) is 4.77. The van der Waals surface area contributed by atoms with Crippen molar-refractivity contribution in [1.29, 1.82) is 0 Å². The van der Waals surface area contributed by atoms with E-state index in [0.717, 1.165) is 0 Å². The smallest absolute Gasteiger partial charge is 0.338 e. The second kappa shape index (κ2) is 6.09. The molecule has 5 heteroatoms. The number of aliphatic hydroxyl groups is 2. The van der Waals surface area contributed by atoms with Crippen molar-refractivity contribution in [2.75, 3.05) is 20.3 Å². The maximum atomic E-state index is 11.4. The highest BCUT2D eigenvalue weighted by molar-refractivity contribution is 5.89. The first-order chi connectivity index (χ1) is 7.67. The monoisotopic (exact) mass is 226 g/mol. The highest BCUT2D eigenvalue weighted by Gasteiger charge is 2.10. The number of ether oxygens (including phenoxy) is 2. The molecule has 0 unspecified atom stereocenters. The minimum absolute atomic E-state index is 0.221. The van der Waals surface area contributed by atoms with Crippen molar-refractivity contribution in [3.8, 4) is 5.75 Å². The van der Waals surface area contributed by atoms with Gasteiger partial charge in [0, 0.05) is 0 Å². The summed E-state index contributed by atoms with van der Waals surface area (Å²) >= 11 is 0. The van der Waals surface area contributed by atoms with Gasteiger partial charge in [0.2, 0.25) is 0 Å². The lowest BCUT2D eigenvalue weighted by molar-refractivity contribution is 0.00933. The summed E-state index contributed by atoms with van der Waals surface area (Å²) in [5.41, 5.74) is 0.367. The number of hydrogen-bond acceptors (Lipinski definition) is 5. The molecule has 0 fully saturated rings. The van der Waals surface area contributed by atoms with Crippen LogP contribution in [-0.2, 0) is 4.74 Å². The minimum atomic E-state index is -1.04. The standard InChI is InChI=1S/C11H14O5/c1-15-10-4-2-8(3-5-10)11(14)16-7-9(13)6-12/h2-5,9,12-13H,6-7H2,1H3/t9-/m1/s1. The van der Waals surface area contributed by atoms with Crippen LogP contribution in [0.5, 0.6) is 5.75 Å². The predicted octanol–water partition coefficient (Wildman–Crippen LogP) is 0.205. The summed E-state index contributed by atoms with van der Waals surface area (Å²) in [7, 11) is 1.53. The molecular formula is C11H14O5. The van der Waals surface area contributed by atoms with E-state index >= 15 is 0 Å². The van der Waals surface area contributed by atoms with Crippen molar-refractivity contribution in [2.45, 2.75) is 6.10 Å². The van der Waals surface area contributed by atoms with Gasteiger partial charge in [-0.3, -0.25) is 0 Å². The van der Waals surface area contributed by atoms with Crippen LogP contribution in [0, 0.1) is 0 Å². The van der Waals surface area contributed by atoms with E-state index in [9.17, 15) is 4.79 Å². The Morgan fingerprint density at radius 1 is 1.38 bits per heavy atom. The Morgan fingerprint density at radius 3 is 2.50 bits per heavy atom. The van der Waals surface area contributed by atoms with Crippen LogP contribution in [-0.4, -0.2) is 42.6 Å². The van der Waals surface area contributed by atoms with Gasteiger partial charge in [0.05, 0.1) is 19.3 Å². The molecule has 0 saturated carbocycles. The SMILES string of the molecule is COc1ccc(C(=O)OC[C@H](O)CO)cc1. The van der Waals surface area contributed by atoms with Gasteiger partial charge in [-0.1, -0.05) is 0 Å². The van der Waals surface area contributed by atoms with Crippen molar-refractivity contribution in [1.82, 2.24) is 0 Å². The van der Waals surface area contributed by atoms with Crippen molar-refractivity contribution < 1.29 is 24.5 Å². The molecule has 0 amide bonds. The maximum absolute atomic E-state index is 11.4. The molecule has 0 radical (unpaired) electrons. The van der Waals surface area contributed by atoms with Crippen LogP contribution < -0.4 is 4.74 Å². The highest BCUT2D eigenvalue weighted by atomic mass is 16.5. The topological polar surface area (TPSA) is 76.0 Å². The van der Waals surface area contributed by atoms with Crippen LogP contribution in [0.15, 0.2) is 24.3 Å². The van der Waals surface area contributed by atoms with E-state index < -0.39 is 18.7 Å². The van der Waals surface area contributed by atoms with Gasteiger partial charge in [0.25, 0.3) is 0 Å². The molecule has 1 rings (SSSR count). The molecule has 0 saturated heterocycles. The summed E-state index contributed by atoms with van der Waals surface area (Å²) in [5, 5.41) is 17.5. The van der Waals surface area contributed by atoms with Gasteiger partial charge in [-0.2, -0.15) is 0 Å². The normalized spacial score (nSPS) is 11.9. The minimum Gasteiger partial charge on any atom is -0.497 e. The third-order valence-electron chi connectivity index (χ3n) is 1.94. The van der Waals surface area contributed by atoms with Crippen LogP contribution >= 0.6 is 0 Å². The Bertz CT molecular complexity index is 333. The van der Waals surface area contributed by atoms with Crippen LogP contribution in [0.3, 0.4) is 0 Å². The van der Waals surface area contributed by atoms with E-state index in [-0.39, 0.29) is 6.61 Å². The van der Waals surface area contributed by atoms with Crippen LogP contribution in [0.2, 0.25) is 0 Å². The largest absolute Gasteiger partial charge is 0.497 e. The summed E-state index contributed by atoms with van der Waals surface area (Å²) in [6.07, 6.45) is -1.04. The molecular weight excluding hydrogens is 212 g/mol. The average Bonchev–Trinajstić information content (AvgIpc) is 2.35. The first kappa shape index (κ1) is 12.5. The molecule has 1 atom stereocenters. The maximum Gasteiger partial charge on any atom is 0.338 e. The van der Waals surface area contributed by atoms with Gasteiger partial charge in [-0.05, 0) is 24.3 Å². The summed E-state index contributed by atoms with van der Waals surface area (Å²) < 4.78 is 9.70. The molecule has 0 aliphatic heterocycles. The Hall–Kier alpha value is -1.59. The molecule has 16 heavy (non-hydrogen) atoms. The van der Waals surface area contributed by atoms with Crippen LogP contribution in [0.1, 0.15) is 10.4 Å². The number of aliphatic hydroxyl groups excluding tert-OH is 2. The summed E-state index contributed by atoms with van der Waals surface area (Å²) in [4.78, 5) is 11.4. The zero-order chi connectivity index (χ0) is 12.0. The molecule has 1 aromatic carbocycles. The van der Waals surface area contributed by atoms with E-state index in [0.29, 0.717) is 11.3 Å². The number of hydrogen-bond donors (Lipinski definition) is 2. The summed E-state index contributed by atoms with van der Waals surface area (Å²) in [6, 6.07) is 6.40. The summed E-state index contributed by atoms with van der Waals surface area (Å²) in [6.45, 7) is -0.656. The first-order valence-corrected chi connectivity index (χ1v) is 4.77. The van der Waals surface area contributed by atoms with Gasteiger partial charge in [-0.25, -0.2) is 4.79 Å². The fourth-order valence-corrected chi connectivity index (χ4v) is 1.04. The Morgan fingerprint density at radius 2 is 2.00 bits per heavy atom. The van der Waals surface area contributed by atoms with Crippen LogP contribution in [0.4, 0.5) is 0 Å².